The molecule has 1 N–H and O–H groups in total. The molecule has 0 spiro atoms. The summed E-state index contributed by atoms with van der Waals surface area (Å²) in [6.07, 6.45) is 4.06. The van der Waals surface area contributed by atoms with Crippen molar-refractivity contribution < 1.29 is 14.7 Å². The first-order valence-corrected chi connectivity index (χ1v) is 4.24. The van der Waals surface area contributed by atoms with Crippen LogP contribution in [0.2, 0.25) is 0 Å². The average Bonchev–Trinajstić information content (AvgIpc) is 2.30. The first-order chi connectivity index (χ1) is 5.72. The largest absolute Gasteiger partial charge is 0.474 e. The molecule has 1 aliphatic rings. The summed E-state index contributed by atoms with van der Waals surface area (Å²) in [6, 6.07) is 0. The summed E-state index contributed by atoms with van der Waals surface area (Å²) in [5, 5.41) is 8.43. The van der Waals surface area contributed by atoms with E-state index in [1.807, 2.05) is 0 Å². The molecular formula is C8H13NO3. The van der Waals surface area contributed by atoms with E-state index >= 15 is 0 Å². The monoisotopic (exact) mass is 171 g/mol. The molecule has 0 unspecified atom stereocenters. The van der Waals surface area contributed by atoms with Crippen LogP contribution in [-0.2, 0) is 9.59 Å². The Hall–Kier alpha value is -1.06. The minimum absolute atomic E-state index is 0.602. The third-order valence-electron chi connectivity index (χ3n) is 2.08. The van der Waals surface area contributed by atoms with Gasteiger partial charge in [0.05, 0.1) is 0 Å². The topological polar surface area (TPSA) is 57.6 Å². The maximum absolute atomic E-state index is 11.0. The predicted molar refractivity (Wildman–Crippen MR) is 42.7 cm³/mol. The minimum atomic E-state index is -1.34. The summed E-state index contributed by atoms with van der Waals surface area (Å²) in [6.45, 7) is 1.20. The van der Waals surface area contributed by atoms with Crippen molar-refractivity contribution in [2.45, 2.75) is 25.7 Å². The highest BCUT2D eigenvalue weighted by Crippen LogP contribution is 2.09. The second kappa shape index (κ2) is 4.09. The molecule has 1 amide bonds. The Labute approximate surface area is 71.2 Å². The average molecular weight is 171 g/mol. The van der Waals surface area contributed by atoms with Gasteiger partial charge in [-0.25, -0.2) is 4.79 Å². The van der Waals surface area contributed by atoms with E-state index in [9.17, 15) is 9.59 Å². The Balaban J connectivity index is 2.48. The van der Waals surface area contributed by atoms with Gasteiger partial charge < -0.3 is 10.0 Å². The van der Waals surface area contributed by atoms with Crippen LogP contribution in [0.15, 0.2) is 0 Å². The molecule has 4 heteroatoms. The summed E-state index contributed by atoms with van der Waals surface area (Å²) in [5.41, 5.74) is 0. The Morgan fingerprint density at radius 2 is 1.50 bits per heavy atom. The molecule has 1 saturated heterocycles. The van der Waals surface area contributed by atoms with Crippen LogP contribution in [-0.4, -0.2) is 35.0 Å². The van der Waals surface area contributed by atoms with Gasteiger partial charge in [0, 0.05) is 13.1 Å². The maximum Gasteiger partial charge on any atom is 0.394 e. The number of aliphatic carboxylic acids is 1. The number of hydrogen-bond acceptors (Lipinski definition) is 2. The van der Waals surface area contributed by atoms with Gasteiger partial charge in [-0.15, -0.1) is 0 Å². The minimum Gasteiger partial charge on any atom is -0.474 e. The van der Waals surface area contributed by atoms with Gasteiger partial charge in [-0.05, 0) is 12.8 Å². The number of carbonyl (C=O) groups excluding carboxylic acids is 1. The third kappa shape index (κ3) is 2.22. The molecule has 1 heterocycles. The van der Waals surface area contributed by atoms with Crippen molar-refractivity contribution in [1.29, 1.82) is 0 Å². The number of carboxylic acid groups (broad SMARTS) is 1. The van der Waals surface area contributed by atoms with Gasteiger partial charge in [0.1, 0.15) is 0 Å². The predicted octanol–water partition coefficient (Wildman–Crippen LogP) is 0.474. The summed E-state index contributed by atoms with van der Waals surface area (Å²) in [7, 11) is 0. The molecule has 12 heavy (non-hydrogen) atoms. The van der Waals surface area contributed by atoms with E-state index in [1.165, 1.54) is 4.90 Å². The first kappa shape index (κ1) is 9.03. The molecule has 0 radical (unpaired) electrons. The van der Waals surface area contributed by atoms with Crippen molar-refractivity contribution >= 4 is 11.9 Å². The van der Waals surface area contributed by atoms with Crippen molar-refractivity contribution in [2.24, 2.45) is 0 Å². The van der Waals surface area contributed by atoms with Gasteiger partial charge in [0.2, 0.25) is 0 Å². The van der Waals surface area contributed by atoms with Crippen LogP contribution in [0.25, 0.3) is 0 Å². The molecule has 0 aliphatic carbocycles. The molecule has 68 valence electrons. The highest BCUT2D eigenvalue weighted by molar-refractivity contribution is 6.31. The van der Waals surface area contributed by atoms with E-state index in [-0.39, 0.29) is 0 Å². The van der Waals surface area contributed by atoms with E-state index in [0.29, 0.717) is 13.1 Å². The van der Waals surface area contributed by atoms with Crippen molar-refractivity contribution in [2.75, 3.05) is 13.1 Å². The van der Waals surface area contributed by atoms with Gasteiger partial charge in [-0.2, -0.15) is 0 Å². The van der Waals surface area contributed by atoms with Gasteiger partial charge >= 0.3 is 11.9 Å². The number of rotatable bonds is 0. The maximum atomic E-state index is 11.0. The number of nitrogens with zero attached hydrogens (tertiary/aromatic N) is 1. The van der Waals surface area contributed by atoms with E-state index in [4.69, 9.17) is 5.11 Å². The number of amides is 1. The van der Waals surface area contributed by atoms with Gasteiger partial charge in [-0.1, -0.05) is 12.8 Å². The lowest BCUT2D eigenvalue weighted by atomic mass is 10.2. The van der Waals surface area contributed by atoms with Crippen LogP contribution in [0.5, 0.6) is 0 Å². The molecular weight excluding hydrogens is 158 g/mol. The second-order valence-electron chi connectivity index (χ2n) is 3.01. The Morgan fingerprint density at radius 3 is 1.92 bits per heavy atom. The van der Waals surface area contributed by atoms with Crippen molar-refractivity contribution in [3.8, 4) is 0 Å². The van der Waals surface area contributed by atoms with Crippen LogP contribution in [0.3, 0.4) is 0 Å². The normalized spacial score (nSPS) is 18.5. The Morgan fingerprint density at radius 1 is 1.00 bits per heavy atom. The summed E-state index contributed by atoms with van der Waals surface area (Å²) in [4.78, 5) is 22.7. The molecule has 4 nitrogen and oxygen atoms in total. The first-order valence-electron chi connectivity index (χ1n) is 4.24. The van der Waals surface area contributed by atoms with Gasteiger partial charge in [-0.3, -0.25) is 4.79 Å². The smallest absolute Gasteiger partial charge is 0.394 e. The zero-order chi connectivity index (χ0) is 8.97. The lowest BCUT2D eigenvalue weighted by Gasteiger charge is -2.16. The molecule has 0 aromatic rings. The van der Waals surface area contributed by atoms with Gasteiger partial charge in [0.25, 0.3) is 0 Å². The summed E-state index contributed by atoms with van der Waals surface area (Å²) < 4.78 is 0. The zero-order valence-electron chi connectivity index (χ0n) is 6.95. The molecule has 1 aliphatic heterocycles. The second-order valence-corrected chi connectivity index (χ2v) is 3.01. The molecule has 0 saturated carbocycles. The highest BCUT2D eigenvalue weighted by atomic mass is 16.4. The number of carbonyl (C=O) groups is 2. The number of likely N-dealkylation sites (tertiary alicyclic amines) is 1. The van der Waals surface area contributed by atoms with Crippen molar-refractivity contribution in [1.82, 2.24) is 4.90 Å². The Kier molecular flexibility index (Phi) is 3.08. The van der Waals surface area contributed by atoms with E-state index in [2.05, 4.69) is 0 Å². The van der Waals surface area contributed by atoms with Crippen LogP contribution in [0.4, 0.5) is 0 Å². The standard InChI is InChI=1S/C8H13NO3/c10-7(8(11)12)9-5-3-1-2-4-6-9/h1-6H2,(H,11,12). The Bertz CT molecular complexity index is 183. The summed E-state index contributed by atoms with van der Waals surface area (Å²) >= 11 is 0. The van der Waals surface area contributed by atoms with E-state index in [1.54, 1.807) is 0 Å². The van der Waals surface area contributed by atoms with Crippen molar-refractivity contribution in [3.63, 3.8) is 0 Å². The molecule has 1 rings (SSSR count). The molecule has 0 bridgehead atoms. The lowest BCUT2D eigenvalue weighted by molar-refractivity contribution is -0.155. The van der Waals surface area contributed by atoms with Gasteiger partial charge in [0.15, 0.2) is 0 Å². The number of hydrogen-bond donors (Lipinski definition) is 1. The van der Waals surface area contributed by atoms with E-state index < -0.39 is 11.9 Å². The van der Waals surface area contributed by atoms with Crippen LogP contribution in [0, 0.1) is 0 Å². The third-order valence-corrected chi connectivity index (χ3v) is 2.08. The van der Waals surface area contributed by atoms with Crippen LogP contribution in [0.1, 0.15) is 25.7 Å². The fourth-order valence-corrected chi connectivity index (χ4v) is 1.41. The van der Waals surface area contributed by atoms with Crippen LogP contribution < -0.4 is 0 Å². The number of carboxylic acids is 1. The fourth-order valence-electron chi connectivity index (χ4n) is 1.41. The van der Waals surface area contributed by atoms with E-state index in [0.717, 1.165) is 25.7 Å². The lowest BCUT2D eigenvalue weighted by Crippen LogP contribution is -2.36. The quantitative estimate of drug-likeness (QED) is 0.539. The fraction of sp³-hybridized carbons (Fsp3) is 0.750. The summed E-state index contributed by atoms with van der Waals surface area (Å²) in [5.74, 6) is -2.09. The highest BCUT2D eigenvalue weighted by Gasteiger charge is 2.21. The SMILES string of the molecule is O=C(O)C(=O)N1CCCCCC1. The molecule has 0 aromatic heterocycles. The van der Waals surface area contributed by atoms with Crippen LogP contribution >= 0.6 is 0 Å². The molecule has 1 fully saturated rings. The zero-order valence-corrected chi connectivity index (χ0v) is 6.95. The molecule has 0 aromatic carbocycles. The van der Waals surface area contributed by atoms with Crippen molar-refractivity contribution in [3.05, 3.63) is 0 Å². The molecule has 0 atom stereocenters.